The fourth-order valence-electron chi connectivity index (χ4n) is 6.35. The highest BCUT2D eigenvalue weighted by atomic mass is 16.8. The highest BCUT2D eigenvalue weighted by Crippen LogP contribution is 2.34. The fraction of sp³-hybridized carbons (Fsp3) is 0.929. The molecule has 2 amide bonds. The number of rotatable bonds is 12. The topological polar surface area (TPSA) is 366 Å². The van der Waals surface area contributed by atoms with E-state index >= 15 is 0 Å². The van der Waals surface area contributed by atoms with Gasteiger partial charge in [0.25, 0.3) is 0 Å². The van der Waals surface area contributed by atoms with Crippen molar-refractivity contribution in [3.63, 3.8) is 0 Å². The summed E-state index contributed by atoms with van der Waals surface area (Å²) in [4.78, 5) is 24.0. The Labute approximate surface area is 289 Å². The standard InChI is InChI=1S/C28H48N2O21/c1-7(35)29-13-18(40)15(37)9(3-31)46-26(13)51-24-17(39)11(5-33)47-28(21(24)43)49-22-12(6-34)48-27(14(19(22)41)30-8(2)36)50-23-16(38)10(4-32)45-25(44)20(23)42/h9-28,31-34,37-44H,3-6H2,1-2H3,(H,29,35)(H,30,36)/t9-,10-,11-,12-,13-,14-,15+,16+,17+,18-,19-,20-,21-,22-,23+,24+,25-,26+,27+,28+/m1/s1. The lowest BCUT2D eigenvalue weighted by atomic mass is 9.94. The van der Waals surface area contributed by atoms with Gasteiger partial charge in [-0.15, -0.1) is 0 Å². The van der Waals surface area contributed by atoms with Crippen LogP contribution in [0.15, 0.2) is 0 Å². The molecule has 0 spiro atoms. The van der Waals surface area contributed by atoms with Crippen LogP contribution in [0.1, 0.15) is 13.8 Å². The molecule has 23 heteroatoms. The number of amides is 2. The first-order chi connectivity index (χ1) is 24.1. The first-order valence-electron chi connectivity index (χ1n) is 16.1. The Hall–Kier alpha value is -1.82. The van der Waals surface area contributed by atoms with Gasteiger partial charge in [0.05, 0.1) is 26.4 Å². The lowest BCUT2D eigenvalue weighted by molar-refractivity contribution is -0.376. The Balaban J connectivity index is 1.58. The van der Waals surface area contributed by atoms with Gasteiger partial charge in [-0.2, -0.15) is 0 Å². The molecular weight excluding hydrogens is 700 g/mol. The second kappa shape index (κ2) is 18.0. The van der Waals surface area contributed by atoms with Crippen molar-refractivity contribution >= 4 is 11.8 Å². The van der Waals surface area contributed by atoms with Gasteiger partial charge in [0, 0.05) is 13.8 Å². The van der Waals surface area contributed by atoms with Crippen molar-refractivity contribution in [2.75, 3.05) is 26.4 Å². The summed E-state index contributed by atoms with van der Waals surface area (Å²) in [5.41, 5.74) is 0. The minimum absolute atomic E-state index is 0.698. The zero-order chi connectivity index (χ0) is 37.9. The van der Waals surface area contributed by atoms with Gasteiger partial charge in [-0.05, 0) is 0 Å². The first kappa shape index (κ1) is 41.9. The molecule has 4 saturated heterocycles. The van der Waals surface area contributed by atoms with Gasteiger partial charge in [-0.1, -0.05) is 0 Å². The van der Waals surface area contributed by atoms with E-state index in [9.17, 15) is 70.9 Å². The summed E-state index contributed by atoms with van der Waals surface area (Å²) in [5, 5.41) is 130. The number of aliphatic hydroxyl groups excluding tert-OH is 12. The fourth-order valence-corrected chi connectivity index (χ4v) is 6.35. The van der Waals surface area contributed by atoms with Crippen molar-refractivity contribution in [3.8, 4) is 0 Å². The van der Waals surface area contributed by atoms with Crippen LogP contribution < -0.4 is 10.6 Å². The Morgan fingerprint density at radius 2 is 0.863 bits per heavy atom. The quantitative estimate of drug-likeness (QED) is 0.0881. The van der Waals surface area contributed by atoms with Crippen molar-refractivity contribution in [2.45, 2.75) is 137 Å². The summed E-state index contributed by atoms with van der Waals surface area (Å²) < 4.78 is 39.0. The summed E-state index contributed by atoms with van der Waals surface area (Å²) in [6.07, 6.45) is -31.5. The third kappa shape index (κ3) is 9.11. The Morgan fingerprint density at radius 1 is 0.471 bits per heavy atom. The van der Waals surface area contributed by atoms with E-state index in [1.165, 1.54) is 0 Å². The number of carbonyl (C=O) groups excluding carboxylic acids is 2. The molecule has 14 N–H and O–H groups in total. The zero-order valence-corrected chi connectivity index (χ0v) is 27.4. The summed E-state index contributed by atoms with van der Waals surface area (Å²) >= 11 is 0. The molecule has 0 radical (unpaired) electrons. The van der Waals surface area contributed by atoms with E-state index in [0.717, 1.165) is 13.8 Å². The maximum Gasteiger partial charge on any atom is 0.217 e. The van der Waals surface area contributed by atoms with Gasteiger partial charge < -0.3 is 105 Å². The van der Waals surface area contributed by atoms with Gasteiger partial charge in [0.15, 0.2) is 25.2 Å². The van der Waals surface area contributed by atoms with Gasteiger partial charge in [-0.3, -0.25) is 9.59 Å². The molecule has 0 aromatic heterocycles. The lowest BCUT2D eigenvalue weighted by Gasteiger charge is -2.50. The summed E-state index contributed by atoms with van der Waals surface area (Å²) in [6, 6.07) is -3.11. The molecule has 0 saturated carbocycles. The molecule has 296 valence electrons. The Kier molecular flexibility index (Phi) is 14.8. The molecule has 0 aromatic rings. The molecule has 4 rings (SSSR count). The van der Waals surface area contributed by atoms with Crippen molar-refractivity contribution in [3.05, 3.63) is 0 Å². The molecule has 51 heavy (non-hydrogen) atoms. The summed E-state index contributed by atoms with van der Waals surface area (Å²) in [5.74, 6) is -1.45. The first-order valence-corrected chi connectivity index (χ1v) is 16.1. The Morgan fingerprint density at radius 3 is 1.35 bits per heavy atom. The van der Waals surface area contributed by atoms with Gasteiger partial charge in [0.2, 0.25) is 11.8 Å². The van der Waals surface area contributed by atoms with E-state index in [1.54, 1.807) is 0 Å². The van der Waals surface area contributed by atoms with Crippen LogP contribution in [-0.4, -0.2) is 222 Å². The number of ether oxygens (including phenoxy) is 7. The van der Waals surface area contributed by atoms with Crippen LogP contribution in [0.4, 0.5) is 0 Å². The molecule has 23 nitrogen and oxygen atoms in total. The van der Waals surface area contributed by atoms with E-state index in [0.29, 0.717) is 0 Å². The highest BCUT2D eigenvalue weighted by Gasteiger charge is 2.55. The largest absolute Gasteiger partial charge is 0.394 e. The Bertz CT molecular complexity index is 1140. The molecule has 0 unspecified atom stereocenters. The number of carbonyl (C=O) groups is 2. The average Bonchev–Trinajstić information content (AvgIpc) is 3.09. The predicted octanol–water partition coefficient (Wildman–Crippen LogP) is -9.46. The van der Waals surface area contributed by atoms with Crippen LogP contribution in [0.2, 0.25) is 0 Å². The van der Waals surface area contributed by atoms with Gasteiger partial charge >= 0.3 is 0 Å². The maximum absolute atomic E-state index is 12.2. The lowest BCUT2D eigenvalue weighted by Crippen LogP contribution is -2.70. The van der Waals surface area contributed by atoms with Crippen LogP contribution in [0.5, 0.6) is 0 Å². The van der Waals surface area contributed by atoms with E-state index in [4.69, 9.17) is 33.2 Å². The molecule has 0 aliphatic carbocycles. The molecule has 0 aromatic carbocycles. The van der Waals surface area contributed by atoms with Crippen molar-refractivity contribution in [1.82, 2.24) is 10.6 Å². The van der Waals surface area contributed by atoms with Crippen LogP contribution in [-0.2, 0) is 42.7 Å². The zero-order valence-electron chi connectivity index (χ0n) is 27.4. The third-order valence-corrected chi connectivity index (χ3v) is 9.01. The molecule has 4 fully saturated rings. The number of hydrogen-bond acceptors (Lipinski definition) is 21. The van der Waals surface area contributed by atoms with Crippen molar-refractivity contribution in [2.24, 2.45) is 0 Å². The second-order valence-corrected chi connectivity index (χ2v) is 12.6. The van der Waals surface area contributed by atoms with E-state index in [1.807, 2.05) is 0 Å². The van der Waals surface area contributed by atoms with Crippen LogP contribution >= 0.6 is 0 Å². The monoisotopic (exact) mass is 748 g/mol. The minimum Gasteiger partial charge on any atom is -0.394 e. The van der Waals surface area contributed by atoms with Gasteiger partial charge in [0.1, 0.15) is 97.5 Å². The molecule has 4 aliphatic rings. The maximum atomic E-state index is 12.2. The summed E-state index contributed by atoms with van der Waals surface area (Å²) in [7, 11) is 0. The van der Waals surface area contributed by atoms with Crippen molar-refractivity contribution < 1.29 is 104 Å². The average molecular weight is 749 g/mol. The van der Waals surface area contributed by atoms with Crippen molar-refractivity contribution in [1.29, 1.82) is 0 Å². The normalized spacial score (nSPS) is 47.8. The second-order valence-electron chi connectivity index (χ2n) is 12.6. The molecular formula is C28H48N2O21. The van der Waals surface area contributed by atoms with E-state index < -0.39 is 161 Å². The minimum atomic E-state index is -2.04. The number of nitrogens with one attached hydrogen (secondary N) is 2. The van der Waals surface area contributed by atoms with Crippen LogP contribution in [0.25, 0.3) is 0 Å². The number of hydrogen-bond donors (Lipinski definition) is 14. The highest BCUT2D eigenvalue weighted by molar-refractivity contribution is 5.73. The van der Waals surface area contributed by atoms with Crippen LogP contribution in [0.3, 0.4) is 0 Å². The van der Waals surface area contributed by atoms with Gasteiger partial charge in [-0.25, -0.2) is 0 Å². The molecule has 20 atom stereocenters. The molecule has 0 bridgehead atoms. The SMILES string of the molecule is CC(=O)N[C@H]1[C@H](O[C@@H]2[C@@H](O)[C@H](O)O[C@H](CO)[C@@H]2O)O[C@H](CO)[C@@H](O[C@@H]2O[C@H](CO)[C@H](O)[C@H](O[C@@H]3O[C@H](CO)[C@H](O)[C@H](O)[C@H]3NC(C)=O)[C@H]2O)[C@@H]1O. The summed E-state index contributed by atoms with van der Waals surface area (Å²) in [6.45, 7) is -1.30. The number of aliphatic hydroxyl groups is 12. The third-order valence-electron chi connectivity index (χ3n) is 9.01. The smallest absolute Gasteiger partial charge is 0.217 e. The molecule has 4 aliphatic heterocycles. The predicted molar refractivity (Wildman–Crippen MR) is 157 cm³/mol. The molecule has 4 heterocycles. The van der Waals surface area contributed by atoms with Crippen LogP contribution in [0, 0.1) is 0 Å². The van der Waals surface area contributed by atoms with E-state index in [2.05, 4.69) is 10.6 Å². The van der Waals surface area contributed by atoms with E-state index in [-0.39, 0.29) is 0 Å².